The maximum absolute atomic E-state index is 4.70. The van der Waals surface area contributed by atoms with Gasteiger partial charge in [-0.05, 0) is 26.6 Å². The summed E-state index contributed by atoms with van der Waals surface area (Å²) in [6.45, 7) is 13.1. The summed E-state index contributed by atoms with van der Waals surface area (Å²) in [5.41, 5.74) is 1.19. The van der Waals surface area contributed by atoms with Crippen molar-refractivity contribution in [1.82, 2.24) is 15.2 Å². The Labute approximate surface area is 109 Å². The van der Waals surface area contributed by atoms with E-state index in [0.717, 1.165) is 32.6 Å². The molecule has 0 spiro atoms. The number of rotatable bonds is 8. The zero-order chi connectivity index (χ0) is 12.7. The molecule has 0 radical (unpaired) electrons. The van der Waals surface area contributed by atoms with Gasteiger partial charge in [0, 0.05) is 24.4 Å². The molecule has 0 saturated heterocycles. The maximum Gasteiger partial charge on any atom is 0.0941 e. The van der Waals surface area contributed by atoms with Crippen LogP contribution < -0.4 is 5.32 Å². The van der Waals surface area contributed by atoms with E-state index < -0.39 is 0 Å². The second-order valence-electron chi connectivity index (χ2n) is 4.22. The van der Waals surface area contributed by atoms with Crippen molar-refractivity contribution in [1.29, 1.82) is 0 Å². The normalized spacial score (nSPS) is 13.2. The summed E-state index contributed by atoms with van der Waals surface area (Å²) in [5, 5.41) is 6.84. The SMILES string of the molecule is CCNC(C)c1csc(CCN(CC)CC)n1. The highest BCUT2D eigenvalue weighted by atomic mass is 32.1. The predicted molar refractivity (Wildman–Crippen MR) is 75.7 cm³/mol. The molecule has 1 unspecified atom stereocenters. The van der Waals surface area contributed by atoms with E-state index in [2.05, 4.69) is 43.3 Å². The predicted octanol–water partition coefficient (Wildman–Crippen LogP) is 2.70. The van der Waals surface area contributed by atoms with Gasteiger partial charge in [0.2, 0.25) is 0 Å². The summed E-state index contributed by atoms with van der Waals surface area (Å²) in [7, 11) is 0. The van der Waals surface area contributed by atoms with Crippen LogP contribution in [0.15, 0.2) is 5.38 Å². The molecule has 0 aromatic carbocycles. The van der Waals surface area contributed by atoms with E-state index in [1.54, 1.807) is 11.3 Å². The van der Waals surface area contributed by atoms with Crippen molar-refractivity contribution in [2.45, 2.75) is 40.2 Å². The van der Waals surface area contributed by atoms with Gasteiger partial charge in [0.05, 0.1) is 10.7 Å². The largest absolute Gasteiger partial charge is 0.309 e. The first-order chi connectivity index (χ1) is 8.21. The Bertz CT molecular complexity index is 307. The van der Waals surface area contributed by atoms with Crippen LogP contribution in [0.1, 0.15) is 44.4 Å². The van der Waals surface area contributed by atoms with E-state index in [-0.39, 0.29) is 0 Å². The van der Waals surface area contributed by atoms with Gasteiger partial charge in [0.15, 0.2) is 0 Å². The lowest BCUT2D eigenvalue weighted by Gasteiger charge is -2.16. The summed E-state index contributed by atoms with van der Waals surface area (Å²) in [6, 6.07) is 0.374. The molecule has 1 aromatic rings. The number of hydrogen-bond acceptors (Lipinski definition) is 4. The summed E-state index contributed by atoms with van der Waals surface area (Å²) < 4.78 is 0. The minimum Gasteiger partial charge on any atom is -0.309 e. The number of nitrogens with zero attached hydrogens (tertiary/aromatic N) is 2. The van der Waals surface area contributed by atoms with Crippen LogP contribution in [0.3, 0.4) is 0 Å². The molecule has 1 N–H and O–H groups in total. The first-order valence-corrected chi connectivity index (χ1v) is 7.49. The summed E-state index contributed by atoms with van der Waals surface area (Å²) in [4.78, 5) is 7.14. The molecule has 0 aliphatic heterocycles. The van der Waals surface area contributed by atoms with Crippen molar-refractivity contribution in [3.05, 3.63) is 16.1 Å². The lowest BCUT2D eigenvalue weighted by Crippen LogP contribution is -2.25. The minimum atomic E-state index is 0.374. The standard InChI is InChI=1S/C13H25N3S/c1-5-14-11(4)12-10-17-13(15-12)8-9-16(6-2)7-3/h10-11,14H,5-9H2,1-4H3. The van der Waals surface area contributed by atoms with Crippen LogP contribution in [0.2, 0.25) is 0 Å². The molecule has 0 fully saturated rings. The topological polar surface area (TPSA) is 28.2 Å². The summed E-state index contributed by atoms with van der Waals surface area (Å²) >= 11 is 1.79. The Morgan fingerprint density at radius 1 is 1.35 bits per heavy atom. The highest BCUT2D eigenvalue weighted by molar-refractivity contribution is 7.09. The fourth-order valence-corrected chi connectivity index (χ4v) is 2.72. The fourth-order valence-electron chi connectivity index (χ4n) is 1.84. The summed E-state index contributed by atoms with van der Waals surface area (Å²) in [5.74, 6) is 0. The molecule has 1 atom stereocenters. The Balaban J connectivity index is 2.45. The number of likely N-dealkylation sites (N-methyl/N-ethyl adjacent to an activating group) is 1. The first-order valence-electron chi connectivity index (χ1n) is 6.61. The molecule has 0 aliphatic rings. The summed E-state index contributed by atoms with van der Waals surface area (Å²) in [6.07, 6.45) is 1.07. The van der Waals surface area contributed by atoms with Crippen LogP contribution in [-0.4, -0.2) is 36.1 Å². The van der Waals surface area contributed by atoms with E-state index in [9.17, 15) is 0 Å². The second kappa shape index (κ2) is 7.80. The average molecular weight is 255 g/mol. The maximum atomic E-state index is 4.70. The highest BCUT2D eigenvalue weighted by Crippen LogP contribution is 2.17. The van der Waals surface area contributed by atoms with Gasteiger partial charge < -0.3 is 10.2 Å². The zero-order valence-electron chi connectivity index (χ0n) is 11.5. The molecule has 98 valence electrons. The van der Waals surface area contributed by atoms with E-state index in [4.69, 9.17) is 4.98 Å². The molecule has 3 nitrogen and oxygen atoms in total. The zero-order valence-corrected chi connectivity index (χ0v) is 12.3. The molecule has 0 bridgehead atoms. The van der Waals surface area contributed by atoms with Crippen LogP contribution in [0.25, 0.3) is 0 Å². The van der Waals surface area contributed by atoms with Crippen LogP contribution in [0, 0.1) is 0 Å². The molecule has 0 amide bonds. The van der Waals surface area contributed by atoms with E-state index >= 15 is 0 Å². The van der Waals surface area contributed by atoms with Gasteiger partial charge in [-0.2, -0.15) is 0 Å². The Morgan fingerprint density at radius 3 is 2.65 bits per heavy atom. The smallest absolute Gasteiger partial charge is 0.0941 e. The second-order valence-corrected chi connectivity index (χ2v) is 5.17. The molecular weight excluding hydrogens is 230 g/mol. The molecule has 17 heavy (non-hydrogen) atoms. The van der Waals surface area contributed by atoms with Gasteiger partial charge in [-0.1, -0.05) is 20.8 Å². The van der Waals surface area contributed by atoms with Crippen LogP contribution >= 0.6 is 11.3 Å². The third kappa shape index (κ3) is 4.74. The number of thiazole rings is 1. The molecule has 0 saturated carbocycles. The van der Waals surface area contributed by atoms with Gasteiger partial charge in [-0.3, -0.25) is 0 Å². The number of hydrogen-bond donors (Lipinski definition) is 1. The van der Waals surface area contributed by atoms with E-state index in [1.165, 1.54) is 10.7 Å². The lowest BCUT2D eigenvalue weighted by atomic mass is 10.2. The Morgan fingerprint density at radius 2 is 2.06 bits per heavy atom. The third-order valence-electron chi connectivity index (χ3n) is 3.06. The van der Waals surface area contributed by atoms with Gasteiger partial charge in [0.25, 0.3) is 0 Å². The molecular formula is C13H25N3S. The molecule has 4 heteroatoms. The van der Waals surface area contributed by atoms with Crippen molar-refractivity contribution in [3.63, 3.8) is 0 Å². The first kappa shape index (κ1) is 14.6. The average Bonchev–Trinajstić information content (AvgIpc) is 2.79. The molecule has 1 heterocycles. The van der Waals surface area contributed by atoms with Gasteiger partial charge in [-0.15, -0.1) is 11.3 Å². The van der Waals surface area contributed by atoms with Crippen LogP contribution in [0.5, 0.6) is 0 Å². The number of nitrogens with one attached hydrogen (secondary N) is 1. The monoisotopic (exact) mass is 255 g/mol. The van der Waals surface area contributed by atoms with Crippen molar-refractivity contribution in [2.75, 3.05) is 26.2 Å². The molecule has 1 rings (SSSR count). The van der Waals surface area contributed by atoms with E-state index in [0.29, 0.717) is 6.04 Å². The van der Waals surface area contributed by atoms with Gasteiger partial charge >= 0.3 is 0 Å². The minimum absolute atomic E-state index is 0.374. The molecule has 1 aromatic heterocycles. The van der Waals surface area contributed by atoms with Gasteiger partial charge in [-0.25, -0.2) is 4.98 Å². The Hall–Kier alpha value is -0.450. The van der Waals surface area contributed by atoms with Crippen LogP contribution in [0.4, 0.5) is 0 Å². The van der Waals surface area contributed by atoms with Crippen molar-refractivity contribution < 1.29 is 0 Å². The van der Waals surface area contributed by atoms with Crippen molar-refractivity contribution >= 4 is 11.3 Å². The lowest BCUT2D eigenvalue weighted by molar-refractivity contribution is 0.307. The van der Waals surface area contributed by atoms with Crippen molar-refractivity contribution in [2.24, 2.45) is 0 Å². The van der Waals surface area contributed by atoms with Crippen molar-refractivity contribution in [3.8, 4) is 0 Å². The Kier molecular flexibility index (Phi) is 6.70. The highest BCUT2D eigenvalue weighted by Gasteiger charge is 2.09. The quantitative estimate of drug-likeness (QED) is 0.774. The van der Waals surface area contributed by atoms with E-state index in [1.807, 2.05) is 0 Å². The third-order valence-corrected chi connectivity index (χ3v) is 3.99. The van der Waals surface area contributed by atoms with Gasteiger partial charge in [0.1, 0.15) is 0 Å². The number of aromatic nitrogens is 1. The molecule has 0 aliphatic carbocycles. The van der Waals surface area contributed by atoms with Crippen LogP contribution in [-0.2, 0) is 6.42 Å². The fraction of sp³-hybridized carbons (Fsp3) is 0.769.